The lowest BCUT2D eigenvalue weighted by atomic mass is 10.0. The van der Waals surface area contributed by atoms with Crippen molar-refractivity contribution < 1.29 is 14.4 Å². The summed E-state index contributed by atoms with van der Waals surface area (Å²) in [6, 6.07) is 16.2. The maximum Gasteiger partial charge on any atom is 0.275 e. The number of benzene rings is 2. The minimum absolute atomic E-state index is 0.0617. The summed E-state index contributed by atoms with van der Waals surface area (Å²) in [5.41, 5.74) is 1.52. The van der Waals surface area contributed by atoms with Gasteiger partial charge in [0.2, 0.25) is 0 Å². The van der Waals surface area contributed by atoms with Gasteiger partial charge < -0.3 is 9.47 Å². The molecule has 3 atom stereocenters. The van der Waals surface area contributed by atoms with E-state index >= 15 is 0 Å². The molecule has 21 heavy (non-hydrogen) atoms. The Labute approximate surface area is 122 Å². The molecule has 0 spiro atoms. The van der Waals surface area contributed by atoms with Crippen molar-refractivity contribution in [2.45, 2.75) is 25.4 Å². The van der Waals surface area contributed by atoms with Gasteiger partial charge in [-0.3, -0.25) is 10.1 Å². The van der Waals surface area contributed by atoms with Crippen LogP contribution in [0.25, 0.3) is 0 Å². The highest BCUT2D eigenvalue weighted by atomic mass is 16.7. The van der Waals surface area contributed by atoms with Gasteiger partial charge in [-0.05, 0) is 13.0 Å². The maximum absolute atomic E-state index is 11.1. The fourth-order valence-electron chi connectivity index (χ4n) is 2.53. The van der Waals surface area contributed by atoms with E-state index in [-0.39, 0.29) is 16.7 Å². The smallest absolute Gasteiger partial charge is 0.275 e. The summed E-state index contributed by atoms with van der Waals surface area (Å²) in [7, 11) is 0. The lowest BCUT2D eigenvalue weighted by Crippen LogP contribution is -2.12. The molecule has 1 heterocycles. The Balaban J connectivity index is 1.89. The third-order valence-electron chi connectivity index (χ3n) is 3.55. The summed E-state index contributed by atoms with van der Waals surface area (Å²) in [5, 5.41) is 11.1. The highest BCUT2D eigenvalue weighted by molar-refractivity contribution is 5.42. The van der Waals surface area contributed by atoms with E-state index in [1.807, 2.05) is 37.3 Å². The molecule has 108 valence electrons. The van der Waals surface area contributed by atoms with E-state index < -0.39 is 12.4 Å². The second-order valence-corrected chi connectivity index (χ2v) is 4.96. The normalized spacial score (nSPS) is 24.9. The van der Waals surface area contributed by atoms with Crippen LogP contribution in [-0.2, 0) is 9.47 Å². The zero-order valence-corrected chi connectivity index (χ0v) is 11.5. The predicted molar refractivity (Wildman–Crippen MR) is 76.7 cm³/mol. The Morgan fingerprint density at radius 3 is 2.38 bits per heavy atom. The van der Waals surface area contributed by atoms with E-state index in [2.05, 4.69) is 0 Å². The molecule has 0 N–H and O–H groups in total. The molecule has 1 saturated heterocycles. The third-order valence-corrected chi connectivity index (χ3v) is 3.55. The van der Waals surface area contributed by atoms with Gasteiger partial charge in [-0.25, -0.2) is 0 Å². The molecule has 2 aromatic carbocycles. The van der Waals surface area contributed by atoms with Crippen molar-refractivity contribution in [1.29, 1.82) is 0 Å². The molecular weight excluding hydrogens is 270 g/mol. The van der Waals surface area contributed by atoms with Crippen LogP contribution in [0.3, 0.4) is 0 Å². The van der Waals surface area contributed by atoms with Crippen LogP contribution in [0.5, 0.6) is 0 Å². The molecule has 3 rings (SSSR count). The van der Waals surface area contributed by atoms with Crippen molar-refractivity contribution in [2.75, 3.05) is 0 Å². The molecule has 5 nitrogen and oxygen atoms in total. The second-order valence-electron chi connectivity index (χ2n) is 4.96. The van der Waals surface area contributed by atoms with Crippen molar-refractivity contribution in [3.63, 3.8) is 0 Å². The number of rotatable bonds is 3. The number of hydrogen-bond donors (Lipinski definition) is 0. The van der Waals surface area contributed by atoms with Crippen LogP contribution in [0.4, 0.5) is 5.69 Å². The molecule has 0 radical (unpaired) electrons. The average Bonchev–Trinajstić information content (AvgIpc) is 2.90. The van der Waals surface area contributed by atoms with Crippen molar-refractivity contribution in [1.82, 2.24) is 0 Å². The average molecular weight is 285 g/mol. The molecule has 1 unspecified atom stereocenters. The fourth-order valence-corrected chi connectivity index (χ4v) is 2.53. The summed E-state index contributed by atoms with van der Waals surface area (Å²) in [6.45, 7) is 1.87. The summed E-state index contributed by atoms with van der Waals surface area (Å²) in [5.74, 6) is 0. The van der Waals surface area contributed by atoms with Gasteiger partial charge in [0.1, 0.15) is 6.10 Å². The quantitative estimate of drug-likeness (QED) is 0.636. The summed E-state index contributed by atoms with van der Waals surface area (Å²) in [4.78, 5) is 10.8. The highest BCUT2D eigenvalue weighted by Gasteiger charge is 2.38. The summed E-state index contributed by atoms with van der Waals surface area (Å²) >= 11 is 0. The van der Waals surface area contributed by atoms with Crippen molar-refractivity contribution in [3.05, 3.63) is 75.8 Å². The Morgan fingerprint density at radius 1 is 1.00 bits per heavy atom. The Morgan fingerprint density at radius 2 is 1.67 bits per heavy atom. The number of nitro benzene ring substituents is 1. The van der Waals surface area contributed by atoms with Crippen molar-refractivity contribution >= 4 is 5.69 Å². The first-order valence-electron chi connectivity index (χ1n) is 6.76. The first kappa shape index (κ1) is 13.7. The van der Waals surface area contributed by atoms with Crippen LogP contribution in [0.2, 0.25) is 0 Å². The molecule has 5 heteroatoms. The monoisotopic (exact) mass is 285 g/mol. The zero-order chi connectivity index (χ0) is 14.8. The molecule has 1 fully saturated rings. The van der Waals surface area contributed by atoms with E-state index in [1.165, 1.54) is 6.07 Å². The molecule has 1 aliphatic heterocycles. The molecule has 0 saturated carbocycles. The van der Waals surface area contributed by atoms with Crippen molar-refractivity contribution in [3.8, 4) is 0 Å². The summed E-state index contributed by atoms with van der Waals surface area (Å²) < 4.78 is 11.7. The lowest BCUT2D eigenvalue weighted by molar-refractivity contribution is -0.386. The number of nitro groups is 1. The van der Waals surface area contributed by atoms with E-state index in [0.717, 1.165) is 5.56 Å². The second kappa shape index (κ2) is 5.63. The van der Waals surface area contributed by atoms with Crippen LogP contribution in [0, 0.1) is 10.1 Å². The van der Waals surface area contributed by atoms with Crippen LogP contribution < -0.4 is 0 Å². The van der Waals surface area contributed by atoms with Gasteiger partial charge in [0.05, 0.1) is 16.6 Å². The lowest BCUT2D eigenvalue weighted by Gasteiger charge is -2.13. The van der Waals surface area contributed by atoms with Crippen molar-refractivity contribution in [2.24, 2.45) is 0 Å². The van der Waals surface area contributed by atoms with Gasteiger partial charge in [0, 0.05) is 11.6 Å². The zero-order valence-electron chi connectivity index (χ0n) is 11.5. The minimum Gasteiger partial charge on any atom is -0.342 e. The number of ether oxygens (including phenoxy) is 2. The van der Waals surface area contributed by atoms with E-state index in [1.54, 1.807) is 18.2 Å². The van der Waals surface area contributed by atoms with Gasteiger partial charge in [0.25, 0.3) is 5.69 Å². The van der Waals surface area contributed by atoms with E-state index in [9.17, 15) is 10.1 Å². The number of hydrogen-bond acceptors (Lipinski definition) is 4. The maximum atomic E-state index is 11.1. The molecule has 0 aromatic heterocycles. The Hall–Kier alpha value is -2.24. The topological polar surface area (TPSA) is 61.6 Å². The first-order chi connectivity index (χ1) is 10.2. The molecule has 0 aliphatic carbocycles. The third kappa shape index (κ3) is 2.66. The molecule has 0 amide bonds. The number of nitrogens with zero attached hydrogens (tertiary/aromatic N) is 1. The first-order valence-corrected chi connectivity index (χ1v) is 6.76. The predicted octanol–water partition coefficient (Wildman–Crippen LogP) is 3.77. The molecule has 1 aliphatic rings. The largest absolute Gasteiger partial charge is 0.342 e. The fraction of sp³-hybridized carbons (Fsp3) is 0.250. The van der Waals surface area contributed by atoms with Gasteiger partial charge in [-0.2, -0.15) is 0 Å². The van der Waals surface area contributed by atoms with E-state index in [0.29, 0.717) is 5.56 Å². The molecular formula is C16H15NO4. The summed E-state index contributed by atoms with van der Waals surface area (Å²) in [6.07, 6.45) is -1.20. The van der Waals surface area contributed by atoms with Gasteiger partial charge in [-0.15, -0.1) is 0 Å². The standard InChI is InChI=1S/C16H15NO4/c1-11-15(13-9-5-6-10-14(13)17(18)19)21-16(20-11)12-7-3-2-4-8-12/h2-11,15-16H,1H3/t11-,15+,16?/m0/s1. The Bertz CT molecular complexity index is 644. The number of para-hydroxylation sites is 1. The minimum atomic E-state index is -0.494. The SMILES string of the molecule is C[C@@H]1OC(c2ccccc2)O[C@H]1c1ccccc1[N+](=O)[O-]. The van der Waals surface area contributed by atoms with E-state index in [4.69, 9.17) is 9.47 Å². The van der Waals surface area contributed by atoms with Gasteiger partial charge in [-0.1, -0.05) is 42.5 Å². The van der Waals surface area contributed by atoms with Crippen LogP contribution in [-0.4, -0.2) is 11.0 Å². The van der Waals surface area contributed by atoms with Gasteiger partial charge >= 0.3 is 0 Å². The highest BCUT2D eigenvalue weighted by Crippen LogP contribution is 2.42. The van der Waals surface area contributed by atoms with Gasteiger partial charge in [0.15, 0.2) is 6.29 Å². The Kier molecular flexibility index (Phi) is 3.68. The molecule has 2 aromatic rings. The van der Waals surface area contributed by atoms with Crippen LogP contribution in [0.1, 0.15) is 30.4 Å². The molecule has 0 bridgehead atoms. The van der Waals surface area contributed by atoms with Crippen LogP contribution in [0.15, 0.2) is 54.6 Å². The van der Waals surface area contributed by atoms with Crippen LogP contribution >= 0.6 is 0 Å².